The van der Waals surface area contributed by atoms with E-state index in [0.29, 0.717) is 6.42 Å². The van der Waals surface area contributed by atoms with Crippen LogP contribution in [0.1, 0.15) is 18.1 Å². The van der Waals surface area contributed by atoms with Gasteiger partial charge in [0.2, 0.25) is 0 Å². The molecule has 0 saturated carbocycles. The third kappa shape index (κ3) is 3.27. The molecule has 0 saturated heterocycles. The van der Waals surface area contributed by atoms with E-state index < -0.39 is 0 Å². The molecule has 0 unspecified atom stereocenters. The fraction of sp³-hybridized carbons (Fsp3) is 0.333. The Morgan fingerprint density at radius 1 is 1.44 bits per heavy atom. The number of rotatable bonds is 6. The highest BCUT2D eigenvalue weighted by atomic mass is 32.1. The van der Waals surface area contributed by atoms with Crippen molar-refractivity contribution in [3.63, 3.8) is 0 Å². The van der Waals surface area contributed by atoms with Gasteiger partial charge in [0.15, 0.2) is 0 Å². The average Bonchev–Trinajstić information content (AvgIpc) is 2.32. The summed E-state index contributed by atoms with van der Waals surface area (Å²) in [5.74, 6) is 0. The second-order valence-electron chi connectivity index (χ2n) is 3.46. The van der Waals surface area contributed by atoms with Gasteiger partial charge in [-0.3, -0.25) is 5.01 Å². The minimum atomic E-state index is 0.180. The smallest absolute Gasteiger partial charge is 0.0529 e. The fourth-order valence-corrected chi connectivity index (χ4v) is 1.73. The molecule has 0 amide bonds. The number of thiol groups is 1. The van der Waals surface area contributed by atoms with Gasteiger partial charge < -0.3 is 5.11 Å². The monoisotopic (exact) mass is 238 g/mol. The Morgan fingerprint density at radius 2 is 2.06 bits per heavy atom. The number of hydrazine groups is 1. The summed E-state index contributed by atoms with van der Waals surface area (Å²) in [6.45, 7) is 7.00. The van der Waals surface area contributed by atoms with Crippen LogP contribution in [0.4, 0.5) is 0 Å². The van der Waals surface area contributed by atoms with Gasteiger partial charge in [-0.25, -0.2) is 0 Å². The van der Waals surface area contributed by atoms with Crippen LogP contribution in [0.15, 0.2) is 30.8 Å². The van der Waals surface area contributed by atoms with E-state index in [0.717, 1.165) is 23.4 Å². The molecule has 0 bridgehead atoms. The molecule has 2 N–H and O–H groups in total. The molecule has 88 valence electrons. The van der Waals surface area contributed by atoms with Crippen LogP contribution in [-0.4, -0.2) is 23.3 Å². The van der Waals surface area contributed by atoms with E-state index in [9.17, 15) is 0 Å². The van der Waals surface area contributed by atoms with E-state index >= 15 is 0 Å². The Labute approximate surface area is 102 Å². The van der Waals surface area contributed by atoms with Gasteiger partial charge in [-0.1, -0.05) is 43.7 Å². The van der Waals surface area contributed by atoms with Gasteiger partial charge in [0.05, 0.1) is 5.70 Å². The van der Waals surface area contributed by atoms with Gasteiger partial charge in [0.1, 0.15) is 0 Å². The number of aliphatic hydroxyl groups is 1. The fourth-order valence-electron chi connectivity index (χ4n) is 1.47. The predicted octanol–water partition coefficient (Wildman–Crippen LogP) is 1.86. The minimum Gasteiger partial charge on any atom is -0.396 e. The van der Waals surface area contributed by atoms with Crippen LogP contribution in [-0.2, 0) is 6.42 Å². The van der Waals surface area contributed by atoms with Crippen LogP contribution in [0.2, 0.25) is 0 Å². The first-order chi connectivity index (χ1) is 7.72. The van der Waals surface area contributed by atoms with E-state index in [4.69, 9.17) is 5.11 Å². The molecule has 0 spiro atoms. The average molecular weight is 238 g/mol. The second kappa shape index (κ2) is 6.58. The molecule has 1 aromatic rings. The van der Waals surface area contributed by atoms with Crippen molar-refractivity contribution in [2.24, 2.45) is 0 Å². The zero-order valence-corrected chi connectivity index (χ0v) is 10.4. The van der Waals surface area contributed by atoms with E-state index in [2.05, 4.69) is 24.2 Å². The van der Waals surface area contributed by atoms with Gasteiger partial charge in [-0.15, -0.1) is 0 Å². The lowest BCUT2D eigenvalue weighted by Crippen LogP contribution is -2.29. The molecule has 0 fully saturated rings. The largest absolute Gasteiger partial charge is 0.396 e. The van der Waals surface area contributed by atoms with Crippen LogP contribution in [0.5, 0.6) is 0 Å². The lowest BCUT2D eigenvalue weighted by molar-refractivity contribution is 0.299. The quantitative estimate of drug-likeness (QED) is 0.523. The Hall–Kier alpha value is -0.970. The standard InChI is InChI=1S/C12H18N2OS/c1-3-14(13-16)10(2)12-6-4-11(5-7-12)8-9-15/h4-7,13,15-16H,2-3,8-9H2,1H3. The molecule has 3 nitrogen and oxygen atoms in total. The normalized spacial score (nSPS) is 10.2. The summed E-state index contributed by atoms with van der Waals surface area (Å²) < 4.78 is 0. The SMILES string of the molecule is C=C(c1ccc(CCO)cc1)N(CC)NS. The van der Waals surface area contributed by atoms with Gasteiger partial charge >= 0.3 is 0 Å². The minimum absolute atomic E-state index is 0.180. The summed E-state index contributed by atoms with van der Waals surface area (Å²) in [7, 11) is 0. The van der Waals surface area contributed by atoms with Crippen LogP contribution in [0.25, 0.3) is 5.70 Å². The number of nitrogens with zero attached hydrogens (tertiary/aromatic N) is 1. The van der Waals surface area contributed by atoms with Crippen molar-refractivity contribution < 1.29 is 5.11 Å². The van der Waals surface area contributed by atoms with Crippen molar-refractivity contribution in [1.29, 1.82) is 0 Å². The number of benzene rings is 1. The zero-order valence-electron chi connectivity index (χ0n) is 9.48. The van der Waals surface area contributed by atoms with Gasteiger partial charge in [0.25, 0.3) is 0 Å². The Bertz CT molecular complexity index is 333. The molecule has 0 aliphatic rings. The van der Waals surface area contributed by atoms with Gasteiger partial charge in [-0.2, -0.15) is 4.83 Å². The van der Waals surface area contributed by atoms with Crippen molar-refractivity contribution >= 4 is 18.5 Å². The summed E-state index contributed by atoms with van der Waals surface area (Å²) in [6, 6.07) is 8.01. The second-order valence-corrected chi connectivity index (χ2v) is 3.66. The number of nitrogens with one attached hydrogen (secondary N) is 1. The highest BCUT2D eigenvalue weighted by Crippen LogP contribution is 2.16. The number of hydrogen-bond donors (Lipinski definition) is 3. The molecule has 16 heavy (non-hydrogen) atoms. The summed E-state index contributed by atoms with van der Waals surface area (Å²) in [4.78, 5) is 2.78. The molecular formula is C12H18N2OS. The van der Waals surface area contributed by atoms with Crippen molar-refractivity contribution in [2.75, 3.05) is 13.2 Å². The summed E-state index contributed by atoms with van der Waals surface area (Å²) in [6.07, 6.45) is 0.690. The zero-order chi connectivity index (χ0) is 12.0. The Balaban J connectivity index is 2.76. The van der Waals surface area contributed by atoms with E-state index in [1.54, 1.807) is 0 Å². The Kier molecular flexibility index (Phi) is 5.38. The van der Waals surface area contributed by atoms with E-state index in [1.807, 2.05) is 36.2 Å². The molecule has 0 aromatic heterocycles. The first-order valence-electron chi connectivity index (χ1n) is 5.29. The van der Waals surface area contributed by atoms with Crippen molar-refractivity contribution in [2.45, 2.75) is 13.3 Å². The molecule has 0 aliphatic carbocycles. The third-order valence-electron chi connectivity index (χ3n) is 2.45. The highest BCUT2D eigenvalue weighted by Gasteiger charge is 2.05. The van der Waals surface area contributed by atoms with Crippen LogP contribution < -0.4 is 4.83 Å². The van der Waals surface area contributed by atoms with Crippen LogP contribution in [0.3, 0.4) is 0 Å². The highest BCUT2D eigenvalue weighted by molar-refractivity contribution is 7.78. The molecule has 0 radical (unpaired) electrons. The number of aliphatic hydroxyl groups excluding tert-OH is 1. The number of hydrogen-bond acceptors (Lipinski definition) is 4. The molecular weight excluding hydrogens is 220 g/mol. The van der Waals surface area contributed by atoms with Gasteiger partial charge in [0, 0.05) is 13.2 Å². The lowest BCUT2D eigenvalue weighted by Gasteiger charge is -2.23. The first kappa shape index (κ1) is 13.1. The maximum Gasteiger partial charge on any atom is 0.0529 e. The molecule has 0 aliphatic heterocycles. The maximum absolute atomic E-state index is 8.82. The molecule has 1 aromatic carbocycles. The van der Waals surface area contributed by atoms with Crippen molar-refractivity contribution in [3.05, 3.63) is 42.0 Å². The summed E-state index contributed by atoms with van der Waals surface area (Å²) in [5, 5.41) is 10.7. The summed E-state index contributed by atoms with van der Waals surface area (Å²) >= 11 is 4.02. The van der Waals surface area contributed by atoms with Crippen molar-refractivity contribution in [3.8, 4) is 0 Å². The Morgan fingerprint density at radius 3 is 2.50 bits per heavy atom. The molecule has 1 rings (SSSR count). The summed E-state index contributed by atoms with van der Waals surface area (Å²) in [5.41, 5.74) is 3.05. The van der Waals surface area contributed by atoms with Crippen molar-refractivity contribution in [1.82, 2.24) is 9.84 Å². The topological polar surface area (TPSA) is 35.5 Å². The third-order valence-corrected chi connectivity index (χ3v) is 2.69. The first-order valence-corrected chi connectivity index (χ1v) is 5.74. The van der Waals surface area contributed by atoms with E-state index in [-0.39, 0.29) is 6.61 Å². The lowest BCUT2D eigenvalue weighted by atomic mass is 10.1. The van der Waals surface area contributed by atoms with Gasteiger partial charge in [-0.05, 0) is 24.5 Å². The van der Waals surface area contributed by atoms with Crippen LogP contribution >= 0.6 is 12.8 Å². The molecule has 0 heterocycles. The van der Waals surface area contributed by atoms with Crippen LogP contribution in [0, 0.1) is 0 Å². The maximum atomic E-state index is 8.82. The molecule has 0 atom stereocenters. The molecule has 4 heteroatoms. The van der Waals surface area contributed by atoms with E-state index in [1.165, 1.54) is 0 Å². The predicted molar refractivity (Wildman–Crippen MR) is 70.8 cm³/mol.